The molecular weight excluding hydrogens is 312 g/mol. The lowest BCUT2D eigenvalue weighted by Crippen LogP contribution is -1.98. The van der Waals surface area contributed by atoms with Crippen LogP contribution < -0.4 is 0 Å². The summed E-state index contributed by atoms with van der Waals surface area (Å²) < 4.78 is 1.01. The Morgan fingerprint density at radius 1 is 1.17 bits per heavy atom. The highest BCUT2D eigenvalue weighted by Gasteiger charge is 2.11. The Bertz CT molecular complexity index is 579. The zero-order valence-electron chi connectivity index (χ0n) is 9.68. The molecule has 0 fully saturated rings. The van der Waals surface area contributed by atoms with Crippen molar-refractivity contribution in [3.8, 4) is 0 Å². The van der Waals surface area contributed by atoms with E-state index in [1.807, 2.05) is 43.3 Å². The van der Waals surface area contributed by atoms with Gasteiger partial charge in [0.05, 0.1) is 5.56 Å². The van der Waals surface area contributed by atoms with Gasteiger partial charge in [0, 0.05) is 14.3 Å². The van der Waals surface area contributed by atoms with E-state index in [0.29, 0.717) is 5.56 Å². The van der Waals surface area contributed by atoms with E-state index in [1.165, 1.54) is 11.8 Å². The fourth-order valence-electron chi connectivity index (χ4n) is 1.52. The quantitative estimate of drug-likeness (QED) is 0.896. The van der Waals surface area contributed by atoms with E-state index in [4.69, 9.17) is 5.11 Å². The third-order valence-corrected chi connectivity index (χ3v) is 4.00. The number of carbonyl (C=O) groups is 1. The lowest BCUT2D eigenvalue weighted by Gasteiger charge is -2.07. The molecule has 0 aliphatic heterocycles. The average Bonchev–Trinajstić information content (AvgIpc) is 2.32. The summed E-state index contributed by atoms with van der Waals surface area (Å²) in [5.74, 6) is -0.894. The summed E-state index contributed by atoms with van der Waals surface area (Å²) in [7, 11) is 0. The van der Waals surface area contributed by atoms with Gasteiger partial charge in [-0.05, 0) is 48.9 Å². The highest BCUT2D eigenvalue weighted by Crippen LogP contribution is 2.32. The standard InChI is InChI=1S/C14H11BrO2S/c1-9-2-7-12(14(16)17)13(8-9)18-11-5-3-10(15)4-6-11/h2-8H,1H3,(H,16,17). The van der Waals surface area contributed by atoms with Gasteiger partial charge in [-0.3, -0.25) is 0 Å². The minimum atomic E-state index is -0.894. The Hall–Kier alpha value is -1.26. The van der Waals surface area contributed by atoms with Crippen molar-refractivity contribution < 1.29 is 9.90 Å². The molecule has 0 spiro atoms. The molecule has 4 heteroatoms. The number of halogens is 1. The number of rotatable bonds is 3. The van der Waals surface area contributed by atoms with Crippen LogP contribution in [0, 0.1) is 6.92 Å². The van der Waals surface area contributed by atoms with E-state index >= 15 is 0 Å². The molecule has 0 saturated carbocycles. The second-order valence-electron chi connectivity index (χ2n) is 3.86. The number of hydrogen-bond acceptors (Lipinski definition) is 2. The molecule has 0 aromatic heterocycles. The molecule has 0 heterocycles. The Morgan fingerprint density at radius 3 is 2.44 bits per heavy atom. The van der Waals surface area contributed by atoms with Crippen LogP contribution in [0.2, 0.25) is 0 Å². The highest BCUT2D eigenvalue weighted by atomic mass is 79.9. The maximum atomic E-state index is 11.2. The van der Waals surface area contributed by atoms with Gasteiger partial charge in [-0.2, -0.15) is 0 Å². The van der Waals surface area contributed by atoms with E-state index in [9.17, 15) is 4.79 Å². The molecule has 0 atom stereocenters. The largest absolute Gasteiger partial charge is 0.478 e. The molecule has 2 aromatic rings. The lowest BCUT2D eigenvalue weighted by molar-refractivity contribution is 0.0693. The van der Waals surface area contributed by atoms with Crippen LogP contribution in [0.15, 0.2) is 56.7 Å². The molecule has 18 heavy (non-hydrogen) atoms. The Kier molecular flexibility index (Phi) is 4.09. The molecule has 0 aliphatic rings. The summed E-state index contributed by atoms with van der Waals surface area (Å²) in [6, 6.07) is 13.2. The van der Waals surface area contributed by atoms with Gasteiger partial charge < -0.3 is 5.11 Å². The topological polar surface area (TPSA) is 37.3 Å². The third kappa shape index (κ3) is 3.15. The smallest absolute Gasteiger partial charge is 0.336 e. The molecule has 0 amide bonds. The number of hydrogen-bond donors (Lipinski definition) is 1. The van der Waals surface area contributed by atoms with Gasteiger partial charge in [-0.25, -0.2) is 4.79 Å². The van der Waals surface area contributed by atoms with Crippen molar-refractivity contribution >= 4 is 33.7 Å². The van der Waals surface area contributed by atoms with E-state index in [-0.39, 0.29) is 0 Å². The lowest BCUT2D eigenvalue weighted by atomic mass is 10.1. The fourth-order valence-corrected chi connectivity index (χ4v) is 2.82. The van der Waals surface area contributed by atoms with Gasteiger partial charge in [0.1, 0.15) is 0 Å². The molecule has 0 saturated heterocycles. The first-order valence-corrected chi connectivity index (χ1v) is 6.94. The third-order valence-electron chi connectivity index (χ3n) is 2.41. The molecule has 2 nitrogen and oxygen atoms in total. The Balaban J connectivity index is 2.35. The number of aryl methyl sites for hydroxylation is 1. The summed E-state index contributed by atoms with van der Waals surface area (Å²) in [4.78, 5) is 12.9. The van der Waals surface area contributed by atoms with Gasteiger partial charge in [0.15, 0.2) is 0 Å². The molecule has 0 unspecified atom stereocenters. The van der Waals surface area contributed by atoms with Crippen molar-refractivity contribution in [3.05, 3.63) is 58.1 Å². The summed E-state index contributed by atoms with van der Waals surface area (Å²) >= 11 is 4.84. The molecule has 2 rings (SSSR count). The van der Waals surface area contributed by atoms with Gasteiger partial charge >= 0.3 is 5.97 Å². The molecule has 0 bridgehead atoms. The van der Waals surface area contributed by atoms with Crippen molar-refractivity contribution in [1.82, 2.24) is 0 Å². The first kappa shape index (κ1) is 13.2. The van der Waals surface area contributed by atoms with Crippen molar-refractivity contribution in [1.29, 1.82) is 0 Å². The Morgan fingerprint density at radius 2 is 1.83 bits per heavy atom. The number of carboxylic acids is 1. The van der Waals surface area contributed by atoms with E-state index in [0.717, 1.165) is 19.8 Å². The van der Waals surface area contributed by atoms with E-state index in [2.05, 4.69) is 15.9 Å². The van der Waals surface area contributed by atoms with Crippen LogP contribution in [0.25, 0.3) is 0 Å². The van der Waals surface area contributed by atoms with Crippen molar-refractivity contribution in [2.75, 3.05) is 0 Å². The maximum absolute atomic E-state index is 11.2. The minimum Gasteiger partial charge on any atom is -0.478 e. The number of aromatic carboxylic acids is 1. The minimum absolute atomic E-state index is 0.341. The summed E-state index contributed by atoms with van der Waals surface area (Å²) in [5, 5.41) is 9.16. The van der Waals surface area contributed by atoms with Crippen LogP contribution in [-0.2, 0) is 0 Å². The summed E-state index contributed by atoms with van der Waals surface area (Å²) in [5.41, 5.74) is 1.40. The fraction of sp³-hybridized carbons (Fsp3) is 0.0714. The normalized spacial score (nSPS) is 10.3. The van der Waals surface area contributed by atoms with Crippen molar-refractivity contribution in [2.24, 2.45) is 0 Å². The van der Waals surface area contributed by atoms with Crippen molar-refractivity contribution in [3.63, 3.8) is 0 Å². The second kappa shape index (κ2) is 5.59. The SMILES string of the molecule is Cc1ccc(C(=O)O)c(Sc2ccc(Br)cc2)c1. The van der Waals surface area contributed by atoms with Gasteiger partial charge in [0.2, 0.25) is 0 Å². The first-order chi connectivity index (χ1) is 8.56. The van der Waals surface area contributed by atoms with Crippen LogP contribution in [0.3, 0.4) is 0 Å². The van der Waals surface area contributed by atoms with Crippen LogP contribution >= 0.6 is 27.7 Å². The molecule has 0 radical (unpaired) electrons. The number of benzene rings is 2. The summed E-state index contributed by atoms with van der Waals surface area (Å²) in [6.07, 6.45) is 0. The molecule has 92 valence electrons. The molecule has 0 aliphatic carbocycles. The van der Waals surface area contributed by atoms with Gasteiger partial charge in [-0.1, -0.05) is 33.8 Å². The monoisotopic (exact) mass is 322 g/mol. The predicted molar refractivity (Wildman–Crippen MR) is 76.4 cm³/mol. The highest BCUT2D eigenvalue weighted by molar-refractivity contribution is 9.10. The summed E-state index contributed by atoms with van der Waals surface area (Å²) in [6.45, 7) is 1.96. The maximum Gasteiger partial charge on any atom is 0.336 e. The van der Waals surface area contributed by atoms with Crippen LogP contribution in [0.5, 0.6) is 0 Å². The van der Waals surface area contributed by atoms with Crippen molar-refractivity contribution in [2.45, 2.75) is 16.7 Å². The molecule has 2 aromatic carbocycles. The van der Waals surface area contributed by atoms with Crippen LogP contribution in [-0.4, -0.2) is 11.1 Å². The Labute approximate surface area is 118 Å². The van der Waals surface area contributed by atoms with Gasteiger partial charge in [-0.15, -0.1) is 0 Å². The van der Waals surface area contributed by atoms with Crippen LogP contribution in [0.1, 0.15) is 15.9 Å². The second-order valence-corrected chi connectivity index (χ2v) is 5.89. The molecule has 1 N–H and O–H groups in total. The average molecular weight is 323 g/mol. The van der Waals surface area contributed by atoms with E-state index in [1.54, 1.807) is 6.07 Å². The molecular formula is C14H11BrO2S. The van der Waals surface area contributed by atoms with Crippen LogP contribution in [0.4, 0.5) is 0 Å². The van der Waals surface area contributed by atoms with E-state index < -0.39 is 5.97 Å². The zero-order valence-corrected chi connectivity index (χ0v) is 12.1. The zero-order chi connectivity index (χ0) is 13.1. The number of carboxylic acid groups (broad SMARTS) is 1. The predicted octanol–water partition coefficient (Wildman–Crippen LogP) is 4.61. The first-order valence-electron chi connectivity index (χ1n) is 5.33. The van der Waals surface area contributed by atoms with Gasteiger partial charge in [0.25, 0.3) is 0 Å².